The minimum absolute atomic E-state index is 0.0240. The highest BCUT2D eigenvalue weighted by Gasteiger charge is 2.23. The molecule has 1 saturated heterocycles. The van der Waals surface area contributed by atoms with Gasteiger partial charge in [-0.3, -0.25) is 9.69 Å². The number of ether oxygens (including phenoxy) is 1. The number of fused-ring (bicyclic) bond motifs is 1. The third-order valence-electron chi connectivity index (χ3n) is 7.20. The van der Waals surface area contributed by atoms with Gasteiger partial charge in [0.05, 0.1) is 16.7 Å². The first-order chi connectivity index (χ1) is 17.5. The zero-order chi connectivity index (χ0) is 25.5. The van der Waals surface area contributed by atoms with Crippen LogP contribution in [0.4, 0.5) is 5.69 Å². The topological polar surface area (TPSA) is 53.8 Å². The zero-order valence-electron chi connectivity index (χ0n) is 22.4. The lowest BCUT2D eigenvalue weighted by molar-refractivity contribution is -0.120. The highest BCUT2D eigenvalue weighted by molar-refractivity contribution is 5.95. The van der Waals surface area contributed by atoms with Crippen molar-refractivity contribution in [3.8, 4) is 0 Å². The summed E-state index contributed by atoms with van der Waals surface area (Å²) in [7, 11) is 2.19. The molecule has 7 nitrogen and oxygen atoms in total. The van der Waals surface area contributed by atoms with Gasteiger partial charge in [-0.15, -0.1) is 0 Å². The molecule has 2 heterocycles. The average molecular weight is 492 g/mol. The summed E-state index contributed by atoms with van der Waals surface area (Å²) in [6.45, 7) is 12.8. The summed E-state index contributed by atoms with van der Waals surface area (Å²) >= 11 is 0. The van der Waals surface area contributed by atoms with Crippen molar-refractivity contribution in [3.63, 3.8) is 0 Å². The van der Waals surface area contributed by atoms with Crippen molar-refractivity contribution < 1.29 is 9.53 Å². The van der Waals surface area contributed by atoms with E-state index in [0.717, 1.165) is 85.7 Å². The Morgan fingerprint density at radius 3 is 2.58 bits per heavy atom. The fourth-order valence-corrected chi connectivity index (χ4v) is 5.08. The lowest BCUT2D eigenvalue weighted by Crippen LogP contribution is -2.44. The van der Waals surface area contributed by atoms with Crippen LogP contribution in [0.15, 0.2) is 42.5 Å². The molecule has 1 amide bonds. The number of hydrogen-bond acceptors (Lipinski definition) is 5. The van der Waals surface area contributed by atoms with Gasteiger partial charge in [0.1, 0.15) is 19.1 Å². The minimum atomic E-state index is 0.0240. The van der Waals surface area contributed by atoms with Crippen molar-refractivity contribution in [2.45, 2.75) is 46.6 Å². The Bertz CT molecular complexity index is 1150. The van der Waals surface area contributed by atoms with Crippen molar-refractivity contribution in [3.05, 3.63) is 59.4 Å². The number of para-hydroxylation sites is 3. The third kappa shape index (κ3) is 6.14. The molecule has 0 bridgehead atoms. The van der Waals surface area contributed by atoms with Gasteiger partial charge in [-0.05, 0) is 63.5 Å². The third-order valence-corrected chi connectivity index (χ3v) is 7.20. The number of likely N-dealkylation sites (N-methyl/N-ethyl adjacent to an activating group) is 1. The first-order valence-corrected chi connectivity index (χ1v) is 13.3. The molecule has 1 aromatic heterocycles. The second kappa shape index (κ2) is 12.5. The molecular formula is C29H41N5O2. The SMILES string of the molecule is CCOCN(C(=O)Cn1c(CCCN2CCN(C)CC2)nc2ccccc21)c1c(C)cccc1CC. The fourth-order valence-electron chi connectivity index (χ4n) is 5.08. The predicted octanol–water partition coefficient (Wildman–Crippen LogP) is 4.11. The van der Waals surface area contributed by atoms with Gasteiger partial charge in [0, 0.05) is 39.2 Å². The maximum Gasteiger partial charge on any atom is 0.248 e. The number of carbonyl (C=O) groups is 1. The Morgan fingerprint density at radius 1 is 1.06 bits per heavy atom. The molecular weight excluding hydrogens is 450 g/mol. The number of benzene rings is 2. The van der Waals surface area contributed by atoms with E-state index in [1.165, 1.54) is 0 Å². The normalized spacial score (nSPS) is 15.0. The molecule has 4 rings (SSSR count). The van der Waals surface area contributed by atoms with Crippen LogP contribution >= 0.6 is 0 Å². The largest absolute Gasteiger partial charge is 0.361 e. The van der Waals surface area contributed by atoms with Crippen molar-refractivity contribution in [2.24, 2.45) is 0 Å². The molecule has 194 valence electrons. The molecule has 2 aromatic carbocycles. The molecule has 0 saturated carbocycles. The van der Waals surface area contributed by atoms with E-state index in [9.17, 15) is 4.79 Å². The number of nitrogens with zero attached hydrogens (tertiary/aromatic N) is 5. The first kappa shape index (κ1) is 26.3. The van der Waals surface area contributed by atoms with Crippen LogP contribution in [0.3, 0.4) is 0 Å². The van der Waals surface area contributed by atoms with Crippen molar-refractivity contribution in [2.75, 3.05) is 58.0 Å². The number of aryl methyl sites for hydroxylation is 3. The van der Waals surface area contributed by atoms with Crippen LogP contribution in [0.1, 0.15) is 37.2 Å². The van der Waals surface area contributed by atoms with Crippen molar-refractivity contribution >= 4 is 22.6 Å². The van der Waals surface area contributed by atoms with Crippen LogP contribution in [-0.2, 0) is 28.9 Å². The summed E-state index contributed by atoms with van der Waals surface area (Å²) in [5.41, 5.74) is 5.18. The number of hydrogen-bond donors (Lipinski definition) is 0. The predicted molar refractivity (Wildman–Crippen MR) is 147 cm³/mol. The Morgan fingerprint density at radius 2 is 1.83 bits per heavy atom. The summed E-state index contributed by atoms with van der Waals surface area (Å²) in [6.07, 6.45) is 2.74. The quantitative estimate of drug-likeness (QED) is 0.378. The average Bonchev–Trinajstić information content (AvgIpc) is 3.23. The maximum atomic E-state index is 13.9. The van der Waals surface area contributed by atoms with Crippen LogP contribution in [0, 0.1) is 6.92 Å². The Balaban J connectivity index is 1.56. The molecule has 0 radical (unpaired) electrons. The second-order valence-electron chi connectivity index (χ2n) is 9.73. The molecule has 36 heavy (non-hydrogen) atoms. The van der Waals surface area contributed by atoms with Gasteiger partial charge in [-0.1, -0.05) is 37.3 Å². The van der Waals surface area contributed by atoms with E-state index in [1.807, 2.05) is 30.0 Å². The van der Waals surface area contributed by atoms with E-state index in [-0.39, 0.29) is 19.2 Å². The highest BCUT2D eigenvalue weighted by Crippen LogP contribution is 2.27. The number of piperazine rings is 1. The number of carbonyl (C=O) groups excluding carboxylic acids is 1. The molecule has 1 aliphatic heterocycles. The zero-order valence-corrected chi connectivity index (χ0v) is 22.4. The Hall–Kier alpha value is -2.74. The lowest BCUT2D eigenvalue weighted by Gasteiger charge is -2.32. The van der Waals surface area contributed by atoms with Gasteiger partial charge in [-0.25, -0.2) is 4.98 Å². The standard InChI is InChI=1S/C29H41N5O2/c1-5-24-12-9-11-23(3)29(24)34(22-36-6-2)28(35)21-33-26-14-8-7-13-25(26)30-27(33)15-10-16-32-19-17-31(4)18-20-32/h7-9,11-14H,5-6,10,15-22H2,1-4H3. The van der Waals surface area contributed by atoms with Crippen molar-refractivity contribution in [1.82, 2.24) is 19.4 Å². The molecule has 0 unspecified atom stereocenters. The summed E-state index contributed by atoms with van der Waals surface area (Å²) < 4.78 is 7.89. The van der Waals surface area contributed by atoms with E-state index >= 15 is 0 Å². The molecule has 0 spiro atoms. The summed E-state index contributed by atoms with van der Waals surface area (Å²) in [4.78, 5) is 25.5. The van der Waals surface area contributed by atoms with E-state index in [2.05, 4.69) is 59.5 Å². The molecule has 3 aromatic rings. The second-order valence-corrected chi connectivity index (χ2v) is 9.73. The fraction of sp³-hybridized carbons (Fsp3) is 0.517. The van der Waals surface area contributed by atoms with Crippen LogP contribution in [0.25, 0.3) is 11.0 Å². The minimum Gasteiger partial charge on any atom is -0.361 e. The van der Waals surface area contributed by atoms with Crippen LogP contribution < -0.4 is 4.90 Å². The van der Waals surface area contributed by atoms with Crippen LogP contribution in [0.5, 0.6) is 0 Å². The monoisotopic (exact) mass is 491 g/mol. The number of amides is 1. The van der Waals surface area contributed by atoms with Gasteiger partial charge in [0.15, 0.2) is 0 Å². The van der Waals surface area contributed by atoms with E-state index in [0.29, 0.717) is 6.61 Å². The van der Waals surface area contributed by atoms with Crippen LogP contribution in [0.2, 0.25) is 0 Å². The molecule has 1 fully saturated rings. The maximum absolute atomic E-state index is 13.9. The first-order valence-electron chi connectivity index (χ1n) is 13.3. The van der Waals surface area contributed by atoms with Gasteiger partial charge < -0.3 is 19.1 Å². The summed E-state index contributed by atoms with van der Waals surface area (Å²) in [5.74, 6) is 1.01. The number of rotatable bonds is 11. The number of imidazole rings is 1. The molecule has 0 atom stereocenters. The van der Waals surface area contributed by atoms with E-state index in [1.54, 1.807) is 0 Å². The van der Waals surface area contributed by atoms with E-state index in [4.69, 9.17) is 9.72 Å². The van der Waals surface area contributed by atoms with Crippen molar-refractivity contribution in [1.29, 1.82) is 0 Å². The number of aromatic nitrogens is 2. The molecule has 7 heteroatoms. The number of anilines is 1. The van der Waals surface area contributed by atoms with Gasteiger partial charge in [-0.2, -0.15) is 0 Å². The summed E-state index contributed by atoms with van der Waals surface area (Å²) in [6, 6.07) is 14.4. The van der Waals surface area contributed by atoms with Crippen LogP contribution in [-0.4, -0.2) is 78.4 Å². The van der Waals surface area contributed by atoms with Gasteiger partial charge in [0.25, 0.3) is 0 Å². The summed E-state index contributed by atoms with van der Waals surface area (Å²) in [5, 5.41) is 0. The molecule has 0 N–H and O–H groups in total. The van der Waals surface area contributed by atoms with E-state index < -0.39 is 0 Å². The molecule has 1 aliphatic rings. The van der Waals surface area contributed by atoms with Gasteiger partial charge in [0.2, 0.25) is 5.91 Å². The Kier molecular flexibility index (Phi) is 9.13. The lowest BCUT2D eigenvalue weighted by atomic mass is 10.0. The Labute approximate surface area is 215 Å². The smallest absolute Gasteiger partial charge is 0.248 e. The van der Waals surface area contributed by atoms with Gasteiger partial charge >= 0.3 is 0 Å². The highest BCUT2D eigenvalue weighted by atomic mass is 16.5. The molecule has 0 aliphatic carbocycles.